The number of aliphatic hydroxyl groups excluding tert-OH is 2. The number of amides is 4. The molecular formula is C28H37F2N7O8. The van der Waals surface area contributed by atoms with Crippen molar-refractivity contribution in [3.05, 3.63) is 58.6 Å². The molecule has 0 bridgehead atoms. The Hall–Kier alpha value is -4.32. The van der Waals surface area contributed by atoms with Crippen molar-refractivity contribution in [2.24, 2.45) is 11.7 Å². The van der Waals surface area contributed by atoms with Gasteiger partial charge in [-0.1, -0.05) is 44.2 Å². The Morgan fingerprint density at radius 3 is 2.33 bits per heavy atom. The van der Waals surface area contributed by atoms with Gasteiger partial charge in [-0.2, -0.15) is 13.8 Å². The van der Waals surface area contributed by atoms with Crippen molar-refractivity contribution in [2.75, 3.05) is 25.0 Å². The van der Waals surface area contributed by atoms with Crippen molar-refractivity contribution in [1.82, 2.24) is 25.5 Å². The van der Waals surface area contributed by atoms with Crippen molar-refractivity contribution >= 4 is 29.4 Å². The highest BCUT2D eigenvalue weighted by molar-refractivity contribution is 5.96. The lowest BCUT2D eigenvalue weighted by Gasteiger charge is -2.24. The first-order valence-electron chi connectivity index (χ1n) is 14.1. The summed E-state index contributed by atoms with van der Waals surface area (Å²) in [6, 6.07) is 7.82. The number of nitrogens with zero attached hydrogens (tertiary/aromatic N) is 2. The van der Waals surface area contributed by atoms with Gasteiger partial charge < -0.3 is 42.0 Å². The quantitative estimate of drug-likeness (QED) is 0.126. The van der Waals surface area contributed by atoms with Crippen molar-refractivity contribution in [1.29, 1.82) is 0 Å². The van der Waals surface area contributed by atoms with Crippen LogP contribution in [0.2, 0.25) is 0 Å². The van der Waals surface area contributed by atoms with Crippen LogP contribution in [0.1, 0.15) is 32.1 Å². The molecule has 4 amide bonds. The van der Waals surface area contributed by atoms with Crippen LogP contribution >= 0.6 is 0 Å². The van der Waals surface area contributed by atoms with Gasteiger partial charge in [0.25, 0.3) is 0 Å². The maximum Gasteiger partial charge on any atom is 0.351 e. The molecule has 45 heavy (non-hydrogen) atoms. The molecule has 1 aromatic carbocycles. The van der Waals surface area contributed by atoms with Crippen LogP contribution < -0.4 is 32.7 Å². The predicted molar refractivity (Wildman–Crippen MR) is 155 cm³/mol. The molecule has 17 heteroatoms. The van der Waals surface area contributed by atoms with Crippen LogP contribution in [0, 0.1) is 5.92 Å². The zero-order valence-corrected chi connectivity index (χ0v) is 24.6. The van der Waals surface area contributed by atoms with E-state index in [2.05, 4.69) is 26.3 Å². The average Bonchev–Trinajstić information content (AvgIpc) is 3.22. The summed E-state index contributed by atoms with van der Waals surface area (Å²) in [5.41, 5.74) is 4.92. The number of rotatable bonds is 14. The third-order valence-corrected chi connectivity index (χ3v) is 6.79. The maximum absolute atomic E-state index is 14.4. The van der Waals surface area contributed by atoms with Crippen LogP contribution in [-0.2, 0) is 30.3 Å². The molecule has 1 saturated heterocycles. The molecule has 2 heterocycles. The lowest BCUT2D eigenvalue weighted by atomic mass is 10.0. The topological polar surface area (TPSA) is 227 Å². The first-order valence-corrected chi connectivity index (χ1v) is 14.1. The number of alkyl halides is 2. The zero-order chi connectivity index (χ0) is 33.3. The Bertz CT molecular complexity index is 1410. The van der Waals surface area contributed by atoms with Gasteiger partial charge >= 0.3 is 11.6 Å². The summed E-state index contributed by atoms with van der Waals surface area (Å²) in [6.45, 7) is 1.79. The Kier molecular flexibility index (Phi) is 12.2. The number of benzene rings is 1. The van der Waals surface area contributed by atoms with Gasteiger partial charge in [0, 0.05) is 12.6 Å². The molecule has 1 aliphatic rings. The number of carbonyl (C=O) groups is 4. The summed E-state index contributed by atoms with van der Waals surface area (Å²) >= 11 is 0. The van der Waals surface area contributed by atoms with Crippen LogP contribution in [0.4, 0.5) is 14.6 Å². The normalized spacial score (nSPS) is 20.2. The second-order valence-corrected chi connectivity index (χ2v) is 10.8. The molecule has 3 rings (SSSR count). The largest absolute Gasteiger partial charge is 0.394 e. The van der Waals surface area contributed by atoms with E-state index < -0.39 is 78.9 Å². The first-order chi connectivity index (χ1) is 21.3. The lowest BCUT2D eigenvalue weighted by molar-refractivity contribution is -0.141. The molecule has 8 N–H and O–H groups in total. The fraction of sp³-hybridized carbons (Fsp3) is 0.500. The van der Waals surface area contributed by atoms with Gasteiger partial charge in [-0.25, -0.2) is 4.79 Å². The molecule has 1 aliphatic heterocycles. The van der Waals surface area contributed by atoms with Gasteiger partial charge in [-0.15, -0.1) is 0 Å². The van der Waals surface area contributed by atoms with E-state index in [0.29, 0.717) is 4.57 Å². The number of carbonyl (C=O) groups excluding carboxylic acids is 4. The van der Waals surface area contributed by atoms with Crippen molar-refractivity contribution in [3.8, 4) is 0 Å². The standard InChI is InChI=1S/C28H37F2N7O8/c1-15(2)10-17(34-25(43)18(33-21(39)12-31)11-16-6-4-3-5-7-16)24(42)32-13-22(40)35-20-8-9-37(27(44)36-20)26-28(29,30)23(41)19(14-38)45-26/h3-9,15,17-19,23,26,38,41H,10-14,31H2,1-2H3,(H,32,42)(H,33,39)(H,34,43)(H,35,36,40,44)/t17?,18?,19-,23+,26-/m1/s1. The first kappa shape index (κ1) is 35.2. The van der Waals surface area contributed by atoms with Gasteiger partial charge in [0.2, 0.25) is 29.9 Å². The fourth-order valence-electron chi connectivity index (χ4n) is 4.54. The monoisotopic (exact) mass is 637 g/mol. The van der Waals surface area contributed by atoms with Crippen LogP contribution in [0.3, 0.4) is 0 Å². The molecule has 2 unspecified atom stereocenters. The number of anilines is 1. The van der Waals surface area contributed by atoms with E-state index in [1.165, 1.54) is 0 Å². The number of halogens is 2. The van der Waals surface area contributed by atoms with Gasteiger partial charge in [-0.05, 0) is 24.0 Å². The Labute approximate surface area is 256 Å². The molecule has 1 fully saturated rings. The molecule has 0 saturated carbocycles. The number of hydrogen-bond donors (Lipinski definition) is 7. The minimum atomic E-state index is -3.91. The summed E-state index contributed by atoms with van der Waals surface area (Å²) < 4.78 is 34.1. The van der Waals surface area contributed by atoms with Gasteiger partial charge in [0.15, 0.2) is 6.10 Å². The third-order valence-electron chi connectivity index (χ3n) is 6.79. The average molecular weight is 638 g/mol. The summed E-state index contributed by atoms with van der Waals surface area (Å²) in [7, 11) is 0. The molecular weight excluding hydrogens is 600 g/mol. The minimum Gasteiger partial charge on any atom is -0.394 e. The minimum absolute atomic E-state index is 0.0539. The molecule has 5 atom stereocenters. The zero-order valence-electron chi connectivity index (χ0n) is 24.6. The molecule has 2 aromatic rings. The Balaban J connectivity index is 1.63. The highest BCUT2D eigenvalue weighted by atomic mass is 19.3. The lowest BCUT2D eigenvalue weighted by Crippen LogP contribution is -2.55. The summed E-state index contributed by atoms with van der Waals surface area (Å²) in [5.74, 6) is -7.00. The van der Waals surface area contributed by atoms with E-state index in [0.717, 1.165) is 17.8 Å². The number of ether oxygens (including phenoxy) is 1. The second kappa shape index (κ2) is 15.6. The highest BCUT2D eigenvalue weighted by Crippen LogP contribution is 2.41. The van der Waals surface area contributed by atoms with E-state index >= 15 is 0 Å². The summed E-state index contributed by atoms with van der Waals surface area (Å²) in [5, 5.41) is 28.6. The van der Waals surface area contributed by atoms with Gasteiger partial charge in [0.05, 0.1) is 19.7 Å². The van der Waals surface area contributed by atoms with Crippen molar-refractivity contribution < 1.29 is 42.9 Å². The molecule has 0 radical (unpaired) electrons. The van der Waals surface area contributed by atoms with Gasteiger partial charge in [0.1, 0.15) is 24.0 Å². The van der Waals surface area contributed by atoms with Crippen molar-refractivity contribution in [2.45, 2.75) is 63.1 Å². The SMILES string of the molecule is CC(C)CC(NC(=O)C(Cc1ccccc1)NC(=O)CN)C(=O)NCC(=O)Nc1ccn([C@@H]2O[C@H](CO)[C@H](O)C2(F)F)c(=O)n1. The highest BCUT2D eigenvalue weighted by Gasteiger charge is 2.59. The number of nitrogens with two attached hydrogens (primary N) is 1. The molecule has 0 aliphatic carbocycles. The van der Waals surface area contributed by atoms with Crippen LogP contribution in [0.15, 0.2) is 47.4 Å². The third kappa shape index (κ3) is 9.34. The van der Waals surface area contributed by atoms with Gasteiger partial charge in [-0.3, -0.25) is 23.7 Å². The summed E-state index contributed by atoms with van der Waals surface area (Å²) in [4.78, 5) is 66.6. The number of aliphatic hydroxyl groups is 2. The number of aromatic nitrogens is 2. The van der Waals surface area contributed by atoms with E-state index in [9.17, 15) is 37.9 Å². The van der Waals surface area contributed by atoms with Crippen LogP contribution in [0.25, 0.3) is 0 Å². The maximum atomic E-state index is 14.4. The Morgan fingerprint density at radius 1 is 1.07 bits per heavy atom. The Morgan fingerprint density at radius 2 is 1.76 bits per heavy atom. The van der Waals surface area contributed by atoms with E-state index in [4.69, 9.17) is 15.6 Å². The predicted octanol–water partition coefficient (Wildman–Crippen LogP) is -1.60. The molecule has 0 spiro atoms. The molecule has 15 nitrogen and oxygen atoms in total. The number of nitrogens with one attached hydrogen (secondary N) is 4. The van der Waals surface area contributed by atoms with Crippen molar-refractivity contribution in [3.63, 3.8) is 0 Å². The fourth-order valence-corrected chi connectivity index (χ4v) is 4.54. The smallest absolute Gasteiger partial charge is 0.351 e. The van der Waals surface area contributed by atoms with E-state index in [1.807, 2.05) is 13.8 Å². The van der Waals surface area contributed by atoms with Crippen LogP contribution in [0.5, 0.6) is 0 Å². The second-order valence-electron chi connectivity index (χ2n) is 10.8. The van der Waals surface area contributed by atoms with E-state index in [1.54, 1.807) is 30.3 Å². The van der Waals surface area contributed by atoms with Crippen LogP contribution in [-0.4, -0.2) is 93.3 Å². The van der Waals surface area contributed by atoms with E-state index in [-0.39, 0.29) is 31.1 Å². The molecule has 1 aromatic heterocycles. The summed E-state index contributed by atoms with van der Waals surface area (Å²) in [6.07, 6.45) is -5.01. The molecule has 246 valence electrons. The number of hydrogen-bond acceptors (Lipinski definition) is 10.